The molecule has 0 spiro atoms. The highest BCUT2D eigenvalue weighted by molar-refractivity contribution is 6.18. The maximum atomic E-state index is 10.4. The van der Waals surface area contributed by atoms with Crippen LogP contribution < -0.4 is 0 Å². The fraction of sp³-hybridized carbons (Fsp3) is 0.286. The lowest BCUT2D eigenvalue weighted by Crippen LogP contribution is -1.98. The summed E-state index contributed by atoms with van der Waals surface area (Å²) in [7, 11) is 0. The van der Waals surface area contributed by atoms with Crippen LogP contribution in [0.1, 0.15) is 11.3 Å². The van der Waals surface area contributed by atoms with Gasteiger partial charge in [-0.1, -0.05) is 0 Å². The van der Waals surface area contributed by atoms with Gasteiger partial charge in [0.05, 0.1) is 5.88 Å². The molecule has 0 N–H and O–H groups in total. The summed E-state index contributed by atoms with van der Waals surface area (Å²) in [6.45, 7) is 0. The summed E-state index contributed by atoms with van der Waals surface area (Å²) >= 11 is 11.2. The molecule has 0 saturated carbocycles. The number of nitrogens with zero attached hydrogens (tertiary/aromatic N) is 1. The first-order chi connectivity index (χ1) is 5.33. The van der Waals surface area contributed by atoms with Crippen LogP contribution in [0.4, 0.5) is 0 Å². The van der Waals surface area contributed by atoms with Crippen molar-refractivity contribution in [1.29, 1.82) is 0 Å². The molecule has 0 fully saturated rings. The lowest BCUT2D eigenvalue weighted by Gasteiger charge is -1.98. The maximum Gasteiger partial charge on any atom is 0.218 e. The van der Waals surface area contributed by atoms with Crippen molar-refractivity contribution in [1.82, 2.24) is 4.57 Å². The summed E-state index contributed by atoms with van der Waals surface area (Å²) in [5.74, 6) is 0.705. The summed E-state index contributed by atoms with van der Waals surface area (Å²) < 4.78 is 1.44. The van der Waals surface area contributed by atoms with Crippen LogP contribution >= 0.6 is 23.2 Å². The van der Waals surface area contributed by atoms with Crippen LogP contribution in [0.25, 0.3) is 0 Å². The lowest BCUT2D eigenvalue weighted by molar-refractivity contribution is 0.546. The van der Waals surface area contributed by atoms with Crippen molar-refractivity contribution in [3.05, 3.63) is 23.5 Å². The normalized spacial score (nSPS) is 10.0. The molecule has 0 aliphatic heterocycles. The number of aromatic nitrogens is 1. The largest absolute Gasteiger partial charge is 0.293 e. The molecule has 0 radical (unpaired) electrons. The molecule has 0 amide bonds. The minimum absolute atomic E-state index is 0.313. The molecule has 0 aliphatic carbocycles. The zero-order valence-electron chi connectivity index (χ0n) is 5.76. The molecular formula is C7H7Cl2NO. The monoisotopic (exact) mass is 191 g/mol. The molecule has 1 aromatic rings. The first kappa shape index (κ1) is 8.62. The van der Waals surface area contributed by atoms with Crippen molar-refractivity contribution in [3.8, 4) is 0 Å². The second-order valence-corrected chi connectivity index (χ2v) is 2.60. The van der Waals surface area contributed by atoms with E-state index in [9.17, 15) is 4.79 Å². The number of carbonyl (C=O) groups is 1. The molecule has 2 nitrogen and oxygen atoms in total. The standard InChI is InChI=1S/C7H7Cl2NO/c8-3-6-1-2-10(5-11)7(6)4-9/h1-2,5H,3-4H2. The summed E-state index contributed by atoms with van der Waals surface area (Å²) in [6.07, 6.45) is 2.37. The van der Waals surface area contributed by atoms with Gasteiger partial charge in [0.1, 0.15) is 0 Å². The minimum Gasteiger partial charge on any atom is -0.293 e. The average Bonchev–Trinajstić information content (AvgIpc) is 2.45. The number of rotatable bonds is 3. The van der Waals surface area contributed by atoms with Gasteiger partial charge in [-0.25, -0.2) is 0 Å². The van der Waals surface area contributed by atoms with E-state index in [0.29, 0.717) is 18.2 Å². The summed E-state index contributed by atoms with van der Waals surface area (Å²) in [5.41, 5.74) is 1.69. The van der Waals surface area contributed by atoms with Crippen molar-refractivity contribution in [2.75, 3.05) is 0 Å². The number of hydrogen-bond donors (Lipinski definition) is 0. The Kier molecular flexibility index (Phi) is 2.97. The van der Waals surface area contributed by atoms with Crippen molar-refractivity contribution < 1.29 is 4.79 Å². The highest BCUT2D eigenvalue weighted by Crippen LogP contribution is 2.14. The molecule has 0 saturated heterocycles. The Labute approximate surface area is 74.7 Å². The average molecular weight is 192 g/mol. The molecular weight excluding hydrogens is 185 g/mol. The second kappa shape index (κ2) is 3.79. The molecule has 0 bridgehead atoms. The van der Waals surface area contributed by atoms with E-state index in [4.69, 9.17) is 23.2 Å². The van der Waals surface area contributed by atoms with Gasteiger partial charge in [-0.15, -0.1) is 23.2 Å². The van der Waals surface area contributed by atoms with Gasteiger partial charge in [-0.05, 0) is 11.6 Å². The molecule has 1 rings (SSSR count). The predicted octanol–water partition coefficient (Wildman–Crippen LogP) is 2.00. The smallest absolute Gasteiger partial charge is 0.218 e. The Morgan fingerprint density at radius 3 is 2.64 bits per heavy atom. The molecule has 11 heavy (non-hydrogen) atoms. The zero-order valence-corrected chi connectivity index (χ0v) is 7.27. The van der Waals surface area contributed by atoms with Gasteiger partial charge in [0, 0.05) is 17.8 Å². The number of halogens is 2. The van der Waals surface area contributed by atoms with Crippen molar-refractivity contribution in [2.24, 2.45) is 0 Å². The van der Waals surface area contributed by atoms with E-state index in [1.165, 1.54) is 4.57 Å². The van der Waals surface area contributed by atoms with Gasteiger partial charge in [0.2, 0.25) is 6.41 Å². The van der Waals surface area contributed by atoms with Crippen LogP contribution in [-0.4, -0.2) is 11.0 Å². The molecule has 0 unspecified atom stereocenters. The van der Waals surface area contributed by atoms with Crippen molar-refractivity contribution in [3.63, 3.8) is 0 Å². The van der Waals surface area contributed by atoms with E-state index >= 15 is 0 Å². The van der Waals surface area contributed by atoms with Crippen molar-refractivity contribution in [2.45, 2.75) is 11.8 Å². The van der Waals surface area contributed by atoms with Crippen LogP contribution in [-0.2, 0) is 16.6 Å². The zero-order chi connectivity index (χ0) is 8.27. The predicted molar refractivity (Wildman–Crippen MR) is 45.7 cm³/mol. The van der Waals surface area contributed by atoms with Gasteiger partial charge < -0.3 is 0 Å². The third kappa shape index (κ3) is 1.57. The molecule has 0 aliphatic rings. The van der Waals surface area contributed by atoms with Gasteiger partial charge in [0.25, 0.3) is 0 Å². The van der Waals surface area contributed by atoms with Gasteiger partial charge in [-0.3, -0.25) is 9.36 Å². The van der Waals surface area contributed by atoms with Gasteiger partial charge in [-0.2, -0.15) is 0 Å². The number of alkyl halides is 2. The molecule has 60 valence electrons. The summed E-state index contributed by atoms with van der Waals surface area (Å²) in [4.78, 5) is 10.4. The molecule has 1 aromatic heterocycles. The van der Waals surface area contributed by atoms with Crippen LogP contribution in [0.15, 0.2) is 12.3 Å². The first-order valence-corrected chi connectivity index (χ1v) is 4.16. The highest BCUT2D eigenvalue weighted by Gasteiger charge is 2.05. The summed E-state index contributed by atoms with van der Waals surface area (Å²) in [6, 6.07) is 1.79. The topological polar surface area (TPSA) is 22.0 Å². The van der Waals surface area contributed by atoms with E-state index in [2.05, 4.69) is 0 Å². The Hall–Kier alpha value is -0.470. The quantitative estimate of drug-likeness (QED) is 0.530. The fourth-order valence-electron chi connectivity index (χ4n) is 0.898. The first-order valence-electron chi connectivity index (χ1n) is 3.09. The van der Waals surface area contributed by atoms with Gasteiger partial charge in [0.15, 0.2) is 0 Å². The molecule has 0 atom stereocenters. The SMILES string of the molecule is O=Cn1ccc(CCl)c1CCl. The minimum atomic E-state index is 0.313. The van der Waals surface area contributed by atoms with Crippen molar-refractivity contribution >= 4 is 29.6 Å². The van der Waals surface area contributed by atoms with Crippen LogP contribution in [0, 0.1) is 0 Å². The second-order valence-electron chi connectivity index (χ2n) is 2.07. The van der Waals surface area contributed by atoms with Crippen LogP contribution in [0.2, 0.25) is 0 Å². The summed E-state index contributed by atoms with van der Waals surface area (Å²) in [5, 5.41) is 0. The Morgan fingerprint density at radius 1 is 1.45 bits per heavy atom. The maximum absolute atomic E-state index is 10.4. The number of carbonyl (C=O) groups excluding carboxylic acids is 1. The molecule has 1 heterocycles. The van der Waals surface area contributed by atoms with Gasteiger partial charge >= 0.3 is 0 Å². The van der Waals surface area contributed by atoms with Crippen LogP contribution in [0.5, 0.6) is 0 Å². The molecule has 0 aromatic carbocycles. The van der Waals surface area contributed by atoms with E-state index < -0.39 is 0 Å². The lowest BCUT2D eigenvalue weighted by atomic mass is 10.3. The Morgan fingerprint density at radius 2 is 2.18 bits per heavy atom. The van der Waals surface area contributed by atoms with E-state index in [1.54, 1.807) is 12.3 Å². The number of hydrogen-bond acceptors (Lipinski definition) is 1. The highest BCUT2D eigenvalue weighted by atomic mass is 35.5. The van der Waals surface area contributed by atoms with E-state index in [-0.39, 0.29) is 0 Å². The van der Waals surface area contributed by atoms with E-state index in [1.807, 2.05) is 0 Å². The van der Waals surface area contributed by atoms with E-state index in [0.717, 1.165) is 11.3 Å². The Bertz CT molecular complexity index is 257. The third-order valence-corrected chi connectivity index (χ3v) is 2.04. The molecule has 4 heteroatoms. The van der Waals surface area contributed by atoms with Crippen LogP contribution in [0.3, 0.4) is 0 Å². The fourth-order valence-corrected chi connectivity index (χ4v) is 1.45. The third-order valence-electron chi connectivity index (χ3n) is 1.50. The Balaban J connectivity index is 3.08.